The van der Waals surface area contributed by atoms with Crippen molar-refractivity contribution >= 4 is 17.3 Å². The lowest BCUT2D eigenvalue weighted by atomic mass is 9.77. The van der Waals surface area contributed by atoms with Gasteiger partial charge in [0.15, 0.2) is 0 Å². The van der Waals surface area contributed by atoms with Crippen LogP contribution in [0, 0.1) is 12.3 Å². The number of alkyl halides is 2. The minimum atomic E-state index is -2.92. The second kappa shape index (κ2) is 5.19. The van der Waals surface area contributed by atoms with Gasteiger partial charge < -0.3 is 5.11 Å². The van der Waals surface area contributed by atoms with Crippen molar-refractivity contribution in [3.63, 3.8) is 0 Å². The number of aliphatic carboxylic acids is 1. The summed E-state index contributed by atoms with van der Waals surface area (Å²) in [4.78, 5) is 11.9. The Labute approximate surface area is 115 Å². The number of carbonyl (C=O) groups is 1. The topological polar surface area (TPSA) is 37.3 Å². The first-order valence-electron chi connectivity index (χ1n) is 6.50. The van der Waals surface area contributed by atoms with Crippen LogP contribution in [0.15, 0.2) is 12.1 Å². The zero-order valence-electron chi connectivity index (χ0n) is 10.9. The Morgan fingerprint density at radius 1 is 1.42 bits per heavy atom. The number of carboxylic acid groups (broad SMARTS) is 1. The van der Waals surface area contributed by atoms with Crippen molar-refractivity contribution in [1.29, 1.82) is 0 Å². The maximum absolute atomic E-state index is 14.3. The Morgan fingerprint density at radius 3 is 2.53 bits per heavy atom. The van der Waals surface area contributed by atoms with Crippen LogP contribution in [0.1, 0.15) is 48.3 Å². The highest BCUT2D eigenvalue weighted by Gasteiger charge is 2.46. The maximum Gasteiger partial charge on any atom is 0.303 e. The van der Waals surface area contributed by atoms with Crippen LogP contribution in [0.2, 0.25) is 0 Å². The first kappa shape index (κ1) is 14.4. The van der Waals surface area contributed by atoms with Crippen LogP contribution in [-0.4, -0.2) is 11.1 Å². The van der Waals surface area contributed by atoms with E-state index in [9.17, 15) is 13.6 Å². The van der Waals surface area contributed by atoms with Crippen molar-refractivity contribution in [2.45, 2.75) is 51.4 Å². The third-order valence-electron chi connectivity index (χ3n) is 3.89. The first-order valence-corrected chi connectivity index (χ1v) is 7.31. The van der Waals surface area contributed by atoms with Gasteiger partial charge in [-0.25, -0.2) is 8.78 Å². The van der Waals surface area contributed by atoms with Gasteiger partial charge in [0.05, 0.1) is 11.3 Å². The molecule has 0 spiro atoms. The lowest BCUT2D eigenvalue weighted by Crippen LogP contribution is -2.29. The molecule has 1 aliphatic rings. The second-order valence-electron chi connectivity index (χ2n) is 5.57. The van der Waals surface area contributed by atoms with Gasteiger partial charge in [0.25, 0.3) is 5.92 Å². The highest BCUT2D eigenvalue weighted by Crippen LogP contribution is 2.51. The average Bonchev–Trinajstić information content (AvgIpc) is 2.86. The van der Waals surface area contributed by atoms with Gasteiger partial charge >= 0.3 is 5.97 Å². The number of halogens is 2. The summed E-state index contributed by atoms with van der Waals surface area (Å²) in [5.74, 6) is -3.89. The number of carboxylic acids is 1. The molecule has 0 radical (unpaired) electrons. The predicted molar refractivity (Wildman–Crippen MR) is 70.7 cm³/mol. The molecule has 0 aliphatic heterocycles. The van der Waals surface area contributed by atoms with Crippen LogP contribution in [0.3, 0.4) is 0 Å². The summed E-state index contributed by atoms with van der Waals surface area (Å²) in [5, 5.41) is 8.97. The molecule has 1 N–H and O–H groups in total. The number of hydrogen-bond acceptors (Lipinski definition) is 2. The molecular weight excluding hydrogens is 270 g/mol. The molecule has 0 saturated heterocycles. The summed E-state index contributed by atoms with van der Waals surface area (Å²) in [6, 6.07) is 3.15. The first-order chi connectivity index (χ1) is 8.83. The monoisotopic (exact) mass is 288 g/mol. The Kier molecular flexibility index (Phi) is 3.95. The van der Waals surface area contributed by atoms with Crippen molar-refractivity contribution in [3.8, 4) is 0 Å². The van der Waals surface area contributed by atoms with Gasteiger partial charge in [0, 0.05) is 11.3 Å². The van der Waals surface area contributed by atoms with E-state index < -0.39 is 17.3 Å². The standard InChI is InChI=1S/C14H18F2O2S/c1-10-4-5-11(19-10)14(15,16)9-13(8-12(17)18)6-2-3-7-13/h4-5H,2-3,6-9H2,1H3,(H,17,18). The highest BCUT2D eigenvalue weighted by molar-refractivity contribution is 7.12. The fourth-order valence-corrected chi connectivity index (χ4v) is 3.89. The van der Waals surface area contributed by atoms with Gasteiger partial charge in [-0.2, -0.15) is 0 Å². The molecule has 106 valence electrons. The molecule has 5 heteroatoms. The summed E-state index contributed by atoms with van der Waals surface area (Å²) in [7, 11) is 0. The fourth-order valence-electron chi connectivity index (χ4n) is 3.05. The van der Waals surface area contributed by atoms with E-state index in [2.05, 4.69) is 0 Å². The predicted octanol–water partition coefficient (Wildman–Crippen LogP) is 4.57. The molecule has 0 aromatic carbocycles. The average molecular weight is 288 g/mol. The van der Waals surface area contributed by atoms with Gasteiger partial charge in [-0.3, -0.25) is 4.79 Å². The normalized spacial score (nSPS) is 18.7. The van der Waals surface area contributed by atoms with Gasteiger partial charge in [-0.1, -0.05) is 12.8 Å². The molecule has 0 bridgehead atoms. The van der Waals surface area contributed by atoms with Crippen molar-refractivity contribution < 1.29 is 18.7 Å². The third-order valence-corrected chi connectivity index (χ3v) is 5.00. The van der Waals surface area contributed by atoms with E-state index in [0.29, 0.717) is 12.8 Å². The van der Waals surface area contributed by atoms with Gasteiger partial charge in [0.1, 0.15) is 0 Å². The lowest BCUT2D eigenvalue weighted by molar-refractivity contribution is -0.141. The maximum atomic E-state index is 14.3. The van der Waals surface area contributed by atoms with Gasteiger partial charge in [-0.15, -0.1) is 11.3 Å². The number of thiophene rings is 1. The van der Waals surface area contributed by atoms with E-state index in [1.54, 1.807) is 13.0 Å². The molecule has 0 unspecified atom stereocenters. The van der Waals surface area contributed by atoms with Crippen LogP contribution >= 0.6 is 11.3 Å². The molecule has 0 amide bonds. The molecule has 2 nitrogen and oxygen atoms in total. The zero-order chi connectivity index (χ0) is 14.1. The molecule has 1 fully saturated rings. The minimum Gasteiger partial charge on any atom is -0.481 e. The van der Waals surface area contributed by atoms with Gasteiger partial charge in [-0.05, 0) is 37.3 Å². The number of rotatable bonds is 5. The largest absolute Gasteiger partial charge is 0.481 e. The number of aryl methyl sites for hydroxylation is 1. The Morgan fingerprint density at radius 2 is 2.05 bits per heavy atom. The molecule has 1 aliphatic carbocycles. The summed E-state index contributed by atoms with van der Waals surface area (Å²) in [6.07, 6.45) is 2.41. The molecule has 1 aromatic rings. The smallest absolute Gasteiger partial charge is 0.303 e. The number of hydrogen-bond donors (Lipinski definition) is 1. The van der Waals surface area contributed by atoms with Crippen molar-refractivity contribution in [2.75, 3.05) is 0 Å². The van der Waals surface area contributed by atoms with E-state index in [1.807, 2.05) is 0 Å². The van der Waals surface area contributed by atoms with Crippen LogP contribution in [0.4, 0.5) is 8.78 Å². The SMILES string of the molecule is Cc1ccc(C(F)(F)CC2(CC(=O)O)CCCC2)s1. The van der Waals surface area contributed by atoms with E-state index in [1.165, 1.54) is 6.07 Å². The molecule has 1 aromatic heterocycles. The van der Waals surface area contributed by atoms with Crippen molar-refractivity contribution in [1.82, 2.24) is 0 Å². The Bertz CT molecular complexity index is 462. The summed E-state index contributed by atoms with van der Waals surface area (Å²) < 4.78 is 28.7. The molecule has 1 saturated carbocycles. The zero-order valence-corrected chi connectivity index (χ0v) is 11.7. The second-order valence-corrected chi connectivity index (χ2v) is 6.86. The lowest BCUT2D eigenvalue weighted by Gasteiger charge is -2.31. The van der Waals surface area contributed by atoms with Crippen LogP contribution in [-0.2, 0) is 10.7 Å². The fraction of sp³-hybridized carbons (Fsp3) is 0.643. The third kappa shape index (κ3) is 3.32. The minimum absolute atomic E-state index is 0.0571. The van der Waals surface area contributed by atoms with E-state index in [0.717, 1.165) is 29.1 Å². The Balaban J connectivity index is 2.18. The summed E-state index contributed by atoms with van der Waals surface area (Å²) in [5.41, 5.74) is -0.729. The van der Waals surface area contributed by atoms with Gasteiger partial charge in [0.2, 0.25) is 0 Å². The van der Waals surface area contributed by atoms with Crippen molar-refractivity contribution in [2.24, 2.45) is 5.41 Å². The van der Waals surface area contributed by atoms with Crippen LogP contribution in [0.5, 0.6) is 0 Å². The van der Waals surface area contributed by atoms with Crippen LogP contribution < -0.4 is 0 Å². The Hall–Kier alpha value is -0.970. The molecule has 19 heavy (non-hydrogen) atoms. The molecule has 2 rings (SSSR count). The van der Waals surface area contributed by atoms with E-state index in [-0.39, 0.29) is 17.7 Å². The molecule has 1 heterocycles. The van der Waals surface area contributed by atoms with Crippen molar-refractivity contribution in [3.05, 3.63) is 21.9 Å². The summed E-state index contributed by atoms with van der Waals surface area (Å²) in [6.45, 7) is 1.80. The quantitative estimate of drug-likeness (QED) is 0.861. The highest BCUT2D eigenvalue weighted by atomic mass is 32.1. The van der Waals surface area contributed by atoms with E-state index in [4.69, 9.17) is 5.11 Å². The van der Waals surface area contributed by atoms with E-state index >= 15 is 0 Å². The van der Waals surface area contributed by atoms with Crippen LogP contribution in [0.25, 0.3) is 0 Å². The molecule has 0 atom stereocenters. The molecular formula is C14H18F2O2S. The summed E-state index contributed by atoms with van der Waals surface area (Å²) >= 11 is 1.10.